The molecule has 0 bridgehead atoms. The van der Waals surface area contributed by atoms with Crippen LogP contribution in [0.15, 0.2) is 163 Å². The molecule has 8 nitrogen and oxygen atoms in total. The van der Waals surface area contributed by atoms with E-state index in [4.69, 9.17) is 9.47 Å². The molecule has 2 rings (SSSR count). The number of esters is 1. The third-order valence-electron chi connectivity index (χ3n) is 9.17. The summed E-state index contributed by atoms with van der Waals surface area (Å²) in [6, 6.07) is 1.60. The SMILES string of the molecule is CC/C=C\C/C=C\C/C=C\C/C=C\C/C=C\C/C=C\CCC(=O)Nc1ccn([C@@H]2CC[C@@H](COC(=O)CC/C=C\C/C=C\C/C=C\C/C=C\C/C=C\C/C=C\CC)O2)c(=O)n1. The van der Waals surface area contributed by atoms with E-state index in [1.807, 2.05) is 18.2 Å². The monoisotopic (exact) mass is 832 g/mol. The summed E-state index contributed by atoms with van der Waals surface area (Å²) in [5.41, 5.74) is -0.506. The first kappa shape index (κ1) is 51.8. The minimum Gasteiger partial charge on any atom is -0.463 e. The van der Waals surface area contributed by atoms with Gasteiger partial charge in [0, 0.05) is 19.0 Å². The maximum absolute atomic E-state index is 12.8. The van der Waals surface area contributed by atoms with E-state index in [9.17, 15) is 14.4 Å². The lowest BCUT2D eigenvalue weighted by molar-refractivity contribution is -0.148. The van der Waals surface area contributed by atoms with Crippen molar-refractivity contribution in [3.05, 3.63) is 169 Å². The molecule has 330 valence electrons. The van der Waals surface area contributed by atoms with Gasteiger partial charge in [0.25, 0.3) is 0 Å². The average Bonchev–Trinajstić information content (AvgIpc) is 3.73. The zero-order chi connectivity index (χ0) is 43.7. The molecule has 1 aromatic rings. The Labute approximate surface area is 367 Å². The highest BCUT2D eigenvalue weighted by Gasteiger charge is 2.28. The quantitative estimate of drug-likeness (QED) is 0.0573. The Morgan fingerprint density at radius 1 is 0.607 bits per heavy atom. The van der Waals surface area contributed by atoms with Gasteiger partial charge < -0.3 is 14.8 Å². The number of rotatable bonds is 32. The zero-order valence-corrected chi connectivity index (χ0v) is 37.0. The van der Waals surface area contributed by atoms with Crippen molar-refractivity contribution in [2.24, 2.45) is 0 Å². The second kappa shape index (κ2) is 37.6. The lowest BCUT2D eigenvalue weighted by atomic mass is 10.2. The van der Waals surface area contributed by atoms with Crippen LogP contribution in [0.1, 0.15) is 136 Å². The summed E-state index contributed by atoms with van der Waals surface area (Å²) in [6.07, 6.45) is 67.0. The summed E-state index contributed by atoms with van der Waals surface area (Å²) in [6.45, 7) is 4.44. The topological polar surface area (TPSA) is 99.5 Å². The summed E-state index contributed by atoms with van der Waals surface area (Å²) in [5.74, 6) is -0.264. The summed E-state index contributed by atoms with van der Waals surface area (Å²) in [5, 5.41) is 2.71. The molecule has 0 unspecified atom stereocenters. The molecule has 1 N–H and O–H groups in total. The van der Waals surface area contributed by atoms with Crippen LogP contribution in [0.2, 0.25) is 0 Å². The standard InChI is InChI=1S/C53H73N3O5/c1-3-5-7-9-11-13-15-17-19-21-23-25-27-29-31-33-35-37-39-41-50(57)54-49-45-46-56(53(59)55-49)51-44-43-48(61-51)47-60-52(58)42-40-38-36-34-32-30-28-26-24-22-20-18-16-14-12-10-8-6-4-2/h5-8,11-14,17-20,23-26,29-32,35-38,45-46,48,51H,3-4,9-10,15-16,21-22,27-28,33-34,39-44,47H2,1-2H3,(H,54,55,57,59)/b7-5-,8-6-,13-11-,14-12-,19-17-,20-18-,25-23-,26-24-,31-29-,32-30-,37-35-,38-36-/t48-,51-/m0/s1. The molecular weight excluding hydrogens is 759 g/mol. The van der Waals surface area contributed by atoms with Gasteiger partial charge in [-0.2, -0.15) is 4.98 Å². The molecular formula is C53H73N3O5. The fraction of sp³-hybridized carbons (Fsp3) is 0.434. The lowest BCUT2D eigenvalue weighted by Gasteiger charge is -2.16. The van der Waals surface area contributed by atoms with Crippen LogP contribution >= 0.6 is 0 Å². The molecule has 0 aromatic carbocycles. The number of carbonyl (C=O) groups is 2. The Balaban J connectivity index is 1.52. The van der Waals surface area contributed by atoms with E-state index < -0.39 is 11.9 Å². The smallest absolute Gasteiger partial charge is 0.351 e. The van der Waals surface area contributed by atoms with E-state index in [2.05, 4.69) is 152 Å². The van der Waals surface area contributed by atoms with Gasteiger partial charge in [-0.25, -0.2) is 4.79 Å². The number of hydrogen-bond donors (Lipinski definition) is 1. The number of nitrogens with zero attached hydrogens (tertiary/aromatic N) is 2. The van der Waals surface area contributed by atoms with Crippen LogP contribution in [0.5, 0.6) is 0 Å². The first-order chi connectivity index (χ1) is 30.0. The molecule has 0 saturated carbocycles. The minimum absolute atomic E-state index is 0.145. The fourth-order valence-electron chi connectivity index (χ4n) is 5.87. The summed E-state index contributed by atoms with van der Waals surface area (Å²) < 4.78 is 12.9. The van der Waals surface area contributed by atoms with Crippen molar-refractivity contribution in [1.82, 2.24) is 9.55 Å². The summed E-state index contributed by atoms with van der Waals surface area (Å²) in [4.78, 5) is 41.5. The minimum atomic E-state index is -0.506. The molecule has 8 heteroatoms. The molecule has 0 radical (unpaired) electrons. The Morgan fingerprint density at radius 3 is 1.41 bits per heavy atom. The van der Waals surface area contributed by atoms with E-state index in [1.54, 1.807) is 12.3 Å². The second-order valence-electron chi connectivity index (χ2n) is 14.4. The number of anilines is 1. The molecule has 0 aliphatic carbocycles. The van der Waals surface area contributed by atoms with Crippen LogP contribution in [0.4, 0.5) is 5.82 Å². The highest BCUT2D eigenvalue weighted by Crippen LogP contribution is 2.27. The van der Waals surface area contributed by atoms with Gasteiger partial charge in [0.15, 0.2) is 0 Å². The number of amides is 1. The van der Waals surface area contributed by atoms with Crippen LogP contribution in [-0.2, 0) is 19.1 Å². The predicted octanol–water partition coefficient (Wildman–Crippen LogP) is 13.4. The summed E-state index contributed by atoms with van der Waals surface area (Å²) in [7, 11) is 0. The van der Waals surface area contributed by atoms with Gasteiger partial charge in [-0.15, -0.1) is 0 Å². The van der Waals surface area contributed by atoms with Crippen molar-refractivity contribution in [3.63, 3.8) is 0 Å². The second-order valence-corrected chi connectivity index (χ2v) is 14.4. The zero-order valence-electron chi connectivity index (χ0n) is 37.0. The number of aromatic nitrogens is 2. The molecule has 1 aliphatic heterocycles. The molecule has 1 fully saturated rings. The van der Waals surface area contributed by atoms with Crippen molar-refractivity contribution in [2.45, 2.75) is 142 Å². The number of hydrogen-bond acceptors (Lipinski definition) is 6. The van der Waals surface area contributed by atoms with E-state index in [1.165, 1.54) is 4.57 Å². The van der Waals surface area contributed by atoms with E-state index >= 15 is 0 Å². The Bertz CT molecular complexity index is 1760. The maximum atomic E-state index is 12.8. The van der Waals surface area contributed by atoms with Gasteiger partial charge in [0.1, 0.15) is 18.7 Å². The highest BCUT2D eigenvalue weighted by molar-refractivity contribution is 5.89. The van der Waals surface area contributed by atoms with Crippen LogP contribution in [0.25, 0.3) is 0 Å². The molecule has 2 atom stereocenters. The van der Waals surface area contributed by atoms with E-state index in [0.717, 1.165) is 77.0 Å². The molecule has 1 aliphatic rings. The average molecular weight is 832 g/mol. The Morgan fingerprint density at radius 2 is 1.00 bits per heavy atom. The Hall–Kier alpha value is -5.34. The van der Waals surface area contributed by atoms with Gasteiger partial charge in [0.05, 0.1) is 6.10 Å². The van der Waals surface area contributed by atoms with Gasteiger partial charge in [-0.05, 0) is 109 Å². The Kier molecular flexibility index (Phi) is 32.0. The van der Waals surface area contributed by atoms with Gasteiger partial charge in [0.2, 0.25) is 5.91 Å². The van der Waals surface area contributed by atoms with Crippen LogP contribution in [-0.4, -0.2) is 34.1 Å². The number of nitrogens with one attached hydrogen (secondary N) is 1. The van der Waals surface area contributed by atoms with E-state index in [-0.39, 0.29) is 30.4 Å². The summed E-state index contributed by atoms with van der Waals surface area (Å²) >= 11 is 0. The van der Waals surface area contributed by atoms with Crippen molar-refractivity contribution in [2.75, 3.05) is 11.9 Å². The first-order valence-electron chi connectivity index (χ1n) is 22.5. The van der Waals surface area contributed by atoms with Crippen molar-refractivity contribution in [1.29, 1.82) is 0 Å². The maximum Gasteiger partial charge on any atom is 0.351 e. The molecule has 1 aromatic heterocycles. The van der Waals surface area contributed by atoms with Gasteiger partial charge in [-0.3, -0.25) is 14.2 Å². The first-order valence-corrected chi connectivity index (χ1v) is 22.5. The van der Waals surface area contributed by atoms with Crippen molar-refractivity contribution in [3.8, 4) is 0 Å². The van der Waals surface area contributed by atoms with E-state index in [0.29, 0.717) is 38.5 Å². The number of ether oxygens (including phenoxy) is 2. The molecule has 1 amide bonds. The molecule has 61 heavy (non-hydrogen) atoms. The lowest BCUT2D eigenvalue weighted by Crippen LogP contribution is -2.28. The normalized spacial score (nSPS) is 16.7. The molecule has 2 heterocycles. The van der Waals surface area contributed by atoms with Gasteiger partial charge in [-0.1, -0.05) is 160 Å². The van der Waals surface area contributed by atoms with Crippen LogP contribution in [0, 0.1) is 0 Å². The van der Waals surface area contributed by atoms with Crippen LogP contribution in [0.3, 0.4) is 0 Å². The van der Waals surface area contributed by atoms with Gasteiger partial charge >= 0.3 is 11.7 Å². The largest absolute Gasteiger partial charge is 0.463 e. The third kappa shape index (κ3) is 29.5. The molecule has 0 spiro atoms. The number of carbonyl (C=O) groups excluding carboxylic acids is 2. The third-order valence-corrected chi connectivity index (χ3v) is 9.17. The predicted molar refractivity (Wildman–Crippen MR) is 256 cm³/mol. The fourth-order valence-corrected chi connectivity index (χ4v) is 5.87. The highest BCUT2D eigenvalue weighted by atomic mass is 16.6. The van der Waals surface area contributed by atoms with Crippen molar-refractivity contribution >= 4 is 17.7 Å². The van der Waals surface area contributed by atoms with Crippen LogP contribution < -0.4 is 11.0 Å². The number of allylic oxidation sites excluding steroid dienone is 24. The van der Waals surface area contributed by atoms with Crippen molar-refractivity contribution < 1.29 is 19.1 Å². The molecule has 1 saturated heterocycles.